The summed E-state index contributed by atoms with van der Waals surface area (Å²) in [7, 11) is -3.68. The first-order valence-electron chi connectivity index (χ1n) is 9.88. The Morgan fingerprint density at radius 1 is 0.968 bits per heavy atom. The average molecular weight is 444 g/mol. The molecule has 1 aliphatic heterocycles. The molecular weight excluding hydrogens is 418 g/mol. The van der Waals surface area contributed by atoms with Crippen LogP contribution >= 0.6 is 0 Å². The van der Waals surface area contributed by atoms with Crippen LogP contribution in [0.4, 0.5) is 11.5 Å². The van der Waals surface area contributed by atoms with E-state index in [1.165, 1.54) is 16.4 Å². The molecule has 0 atom stereocenters. The van der Waals surface area contributed by atoms with Gasteiger partial charge in [-0.2, -0.15) is 9.57 Å². The smallest absolute Gasteiger partial charge is 0.305 e. The van der Waals surface area contributed by atoms with Crippen molar-refractivity contribution >= 4 is 21.5 Å². The highest BCUT2D eigenvalue weighted by atomic mass is 32.2. The summed E-state index contributed by atoms with van der Waals surface area (Å²) < 4.78 is 28.4. The molecule has 1 fully saturated rings. The van der Waals surface area contributed by atoms with Crippen LogP contribution in [0.2, 0.25) is 0 Å². The largest absolute Gasteiger partial charge is 0.354 e. The van der Waals surface area contributed by atoms with Gasteiger partial charge in [-0.3, -0.25) is 10.1 Å². The van der Waals surface area contributed by atoms with E-state index in [0.717, 1.165) is 27.8 Å². The van der Waals surface area contributed by atoms with Crippen LogP contribution in [0.5, 0.6) is 0 Å². The number of nitro groups is 1. The van der Waals surface area contributed by atoms with E-state index in [1.54, 1.807) is 6.07 Å². The molecule has 1 aromatic heterocycles. The summed E-state index contributed by atoms with van der Waals surface area (Å²) in [6, 6.07) is 4.50. The molecule has 164 valence electrons. The minimum absolute atomic E-state index is 0.255. The van der Waals surface area contributed by atoms with E-state index in [-0.39, 0.29) is 24.5 Å². The van der Waals surface area contributed by atoms with Crippen LogP contribution in [0.25, 0.3) is 0 Å². The van der Waals surface area contributed by atoms with Crippen molar-refractivity contribution in [1.82, 2.24) is 9.29 Å². The Kier molecular flexibility index (Phi) is 6.02. The van der Waals surface area contributed by atoms with Crippen molar-refractivity contribution in [2.45, 2.75) is 39.5 Å². The topological polar surface area (TPSA) is 120 Å². The molecule has 9 nitrogen and oxygen atoms in total. The van der Waals surface area contributed by atoms with E-state index in [1.807, 2.05) is 39.5 Å². The summed E-state index contributed by atoms with van der Waals surface area (Å²) in [6.45, 7) is 10.9. The number of pyridine rings is 1. The molecule has 0 amide bonds. The fraction of sp³-hybridized carbons (Fsp3) is 0.429. The summed E-state index contributed by atoms with van der Waals surface area (Å²) in [5, 5.41) is 20.2. The van der Waals surface area contributed by atoms with Crippen LogP contribution in [0, 0.1) is 56.1 Å². The Morgan fingerprint density at radius 3 is 1.97 bits per heavy atom. The number of benzene rings is 1. The zero-order valence-electron chi connectivity index (χ0n) is 18.3. The highest BCUT2D eigenvalue weighted by Crippen LogP contribution is 2.32. The standard InChI is InChI=1S/C21H25N5O4S/c1-13-14(2)16(4)21(17(5)15(13)3)31(29,30)25-10-8-24(9-11-25)20-7-6-19(26(27)28)18(12-22)23-20/h6-7H,8-11H2,1-5H3. The van der Waals surface area contributed by atoms with E-state index in [9.17, 15) is 18.5 Å². The Labute approximate surface area is 182 Å². The van der Waals surface area contributed by atoms with Gasteiger partial charge in [0.05, 0.1) is 9.82 Å². The van der Waals surface area contributed by atoms with Crippen molar-refractivity contribution in [3.8, 4) is 6.07 Å². The normalized spacial score (nSPS) is 15.0. The minimum atomic E-state index is -3.68. The minimum Gasteiger partial charge on any atom is -0.354 e. The van der Waals surface area contributed by atoms with Gasteiger partial charge in [0.1, 0.15) is 11.9 Å². The van der Waals surface area contributed by atoms with Crippen molar-refractivity contribution < 1.29 is 13.3 Å². The number of hydrogen-bond acceptors (Lipinski definition) is 7. The second-order valence-electron chi connectivity index (χ2n) is 7.75. The Balaban J connectivity index is 1.87. The SMILES string of the molecule is Cc1c(C)c(C)c(S(=O)(=O)N2CCN(c3ccc([N+](=O)[O-])c(C#N)n3)CC2)c(C)c1C. The number of sulfonamides is 1. The maximum absolute atomic E-state index is 13.5. The summed E-state index contributed by atoms with van der Waals surface area (Å²) in [5.74, 6) is 0.425. The summed E-state index contributed by atoms with van der Waals surface area (Å²) in [4.78, 5) is 16.7. The Hall–Kier alpha value is -3.03. The molecule has 2 aromatic rings. The van der Waals surface area contributed by atoms with Gasteiger partial charge >= 0.3 is 5.69 Å². The van der Waals surface area contributed by atoms with Gasteiger partial charge in [-0.15, -0.1) is 0 Å². The van der Waals surface area contributed by atoms with Crippen molar-refractivity contribution in [2.24, 2.45) is 0 Å². The van der Waals surface area contributed by atoms with Crippen LogP contribution in [0.15, 0.2) is 17.0 Å². The second-order valence-corrected chi connectivity index (χ2v) is 9.63. The molecule has 1 saturated heterocycles. The fourth-order valence-electron chi connectivity index (χ4n) is 3.99. The van der Waals surface area contributed by atoms with Gasteiger partial charge in [-0.1, -0.05) is 0 Å². The predicted octanol–water partition coefficient (Wildman–Crippen LogP) is 2.91. The molecule has 10 heteroatoms. The van der Waals surface area contributed by atoms with E-state index >= 15 is 0 Å². The van der Waals surface area contributed by atoms with Gasteiger partial charge in [-0.05, 0) is 68.5 Å². The predicted molar refractivity (Wildman–Crippen MR) is 117 cm³/mol. The number of nitrogens with zero attached hydrogens (tertiary/aromatic N) is 5. The van der Waals surface area contributed by atoms with Gasteiger partial charge < -0.3 is 4.90 Å². The van der Waals surface area contributed by atoms with Crippen LogP contribution < -0.4 is 4.90 Å². The monoisotopic (exact) mass is 443 g/mol. The molecule has 0 saturated carbocycles. The second kappa shape index (κ2) is 8.24. The molecule has 1 aliphatic rings. The molecule has 31 heavy (non-hydrogen) atoms. The third-order valence-corrected chi connectivity index (χ3v) is 8.43. The lowest BCUT2D eigenvalue weighted by molar-refractivity contribution is -0.385. The number of nitriles is 1. The van der Waals surface area contributed by atoms with Crippen molar-refractivity contribution in [2.75, 3.05) is 31.1 Å². The van der Waals surface area contributed by atoms with E-state index < -0.39 is 14.9 Å². The Morgan fingerprint density at radius 2 is 1.48 bits per heavy atom. The third-order valence-electron chi connectivity index (χ3n) is 6.25. The quantitative estimate of drug-likeness (QED) is 0.526. The molecule has 3 rings (SSSR count). The zero-order valence-corrected chi connectivity index (χ0v) is 19.1. The van der Waals surface area contributed by atoms with Crippen molar-refractivity contribution in [3.63, 3.8) is 0 Å². The maximum atomic E-state index is 13.5. The number of piperazine rings is 1. The van der Waals surface area contributed by atoms with Gasteiger partial charge in [0, 0.05) is 32.2 Å². The molecule has 0 aliphatic carbocycles. The molecular formula is C21H25N5O4S. The highest BCUT2D eigenvalue weighted by molar-refractivity contribution is 7.89. The molecule has 0 N–H and O–H groups in total. The molecule has 0 unspecified atom stereocenters. The molecule has 0 radical (unpaired) electrons. The fourth-order valence-corrected chi connectivity index (χ4v) is 5.97. The van der Waals surface area contributed by atoms with Gasteiger partial charge in [0.15, 0.2) is 0 Å². The van der Waals surface area contributed by atoms with Crippen LogP contribution in [0.1, 0.15) is 33.5 Å². The lowest BCUT2D eigenvalue weighted by Crippen LogP contribution is -2.49. The lowest BCUT2D eigenvalue weighted by Gasteiger charge is -2.35. The number of aromatic nitrogens is 1. The molecule has 0 spiro atoms. The molecule has 1 aromatic carbocycles. The Bertz CT molecular complexity index is 1180. The number of rotatable bonds is 4. The number of anilines is 1. The summed E-state index contributed by atoms with van der Waals surface area (Å²) in [5.41, 5.74) is 4.03. The highest BCUT2D eigenvalue weighted by Gasteiger charge is 2.33. The first-order valence-corrected chi connectivity index (χ1v) is 11.3. The van der Waals surface area contributed by atoms with E-state index in [4.69, 9.17) is 5.26 Å². The molecule has 0 bridgehead atoms. The molecule has 2 heterocycles. The first-order chi connectivity index (χ1) is 14.5. The van der Waals surface area contributed by atoms with E-state index in [2.05, 4.69) is 4.98 Å². The van der Waals surface area contributed by atoms with Crippen LogP contribution in [-0.2, 0) is 10.0 Å². The van der Waals surface area contributed by atoms with Crippen LogP contribution in [-0.4, -0.2) is 48.8 Å². The third kappa shape index (κ3) is 3.86. The van der Waals surface area contributed by atoms with Gasteiger partial charge in [0.2, 0.25) is 15.7 Å². The lowest BCUT2D eigenvalue weighted by atomic mass is 9.95. The van der Waals surface area contributed by atoms with Crippen molar-refractivity contribution in [1.29, 1.82) is 5.26 Å². The first kappa shape index (κ1) is 22.7. The van der Waals surface area contributed by atoms with Crippen molar-refractivity contribution in [3.05, 3.63) is 55.8 Å². The van der Waals surface area contributed by atoms with E-state index in [0.29, 0.717) is 23.8 Å². The van der Waals surface area contributed by atoms with Gasteiger partial charge in [0.25, 0.3) is 0 Å². The average Bonchev–Trinajstić information content (AvgIpc) is 2.75. The summed E-state index contributed by atoms with van der Waals surface area (Å²) in [6.07, 6.45) is 0. The number of hydrogen-bond donors (Lipinski definition) is 0. The van der Waals surface area contributed by atoms with Gasteiger partial charge in [-0.25, -0.2) is 13.4 Å². The van der Waals surface area contributed by atoms with Crippen LogP contribution in [0.3, 0.4) is 0 Å². The zero-order chi connectivity index (χ0) is 23.1. The summed E-state index contributed by atoms with van der Waals surface area (Å²) >= 11 is 0. The maximum Gasteiger partial charge on any atom is 0.305 e.